The molecule has 0 aliphatic carbocycles. The molecule has 1 unspecified atom stereocenters. The van der Waals surface area contributed by atoms with Gasteiger partial charge in [0.25, 0.3) is 10.0 Å². The minimum atomic E-state index is -3.42. The Bertz CT molecular complexity index is 606. The van der Waals surface area contributed by atoms with Crippen molar-refractivity contribution in [1.29, 1.82) is 0 Å². The highest BCUT2D eigenvalue weighted by atomic mass is 32.2. The average Bonchev–Trinajstić information content (AvgIpc) is 2.97. The fourth-order valence-corrected chi connectivity index (χ4v) is 5.38. The molecular formula is C14H22N2O4S2. The van der Waals surface area contributed by atoms with Gasteiger partial charge in [-0.2, -0.15) is 4.31 Å². The van der Waals surface area contributed by atoms with Crippen molar-refractivity contribution in [3.63, 3.8) is 0 Å². The minimum absolute atomic E-state index is 0.120. The summed E-state index contributed by atoms with van der Waals surface area (Å²) in [6, 6.07) is 2.96. The highest BCUT2D eigenvalue weighted by Gasteiger charge is 2.27. The second-order valence-corrected chi connectivity index (χ2v) is 8.85. The molecule has 2 N–H and O–H groups in total. The molecule has 1 fully saturated rings. The third kappa shape index (κ3) is 4.28. The summed E-state index contributed by atoms with van der Waals surface area (Å²) in [5.74, 6) is -0.217. The quantitative estimate of drug-likeness (QED) is 0.803. The first-order valence-corrected chi connectivity index (χ1v) is 9.68. The molecule has 1 saturated heterocycles. The molecular weight excluding hydrogens is 324 g/mol. The van der Waals surface area contributed by atoms with Gasteiger partial charge >= 0.3 is 0 Å². The van der Waals surface area contributed by atoms with Gasteiger partial charge in [-0.15, -0.1) is 11.3 Å². The zero-order chi connectivity index (χ0) is 16.2. The van der Waals surface area contributed by atoms with Crippen molar-refractivity contribution in [1.82, 2.24) is 9.62 Å². The SMILES string of the molecule is CC(CO)NC(=O)Cc1ccc(S(=O)(=O)N2CCCCC2)s1. The lowest BCUT2D eigenvalue weighted by Gasteiger charge is -2.25. The Kier molecular flexibility index (Phi) is 5.96. The third-order valence-electron chi connectivity index (χ3n) is 3.56. The number of aliphatic hydroxyl groups is 1. The number of amides is 1. The van der Waals surface area contributed by atoms with Gasteiger partial charge < -0.3 is 10.4 Å². The number of nitrogens with zero attached hydrogens (tertiary/aromatic N) is 1. The Hall–Kier alpha value is -0.960. The predicted octanol–water partition coefficient (Wildman–Crippen LogP) is 0.962. The molecule has 6 nitrogen and oxygen atoms in total. The molecule has 1 aromatic rings. The molecule has 1 atom stereocenters. The predicted molar refractivity (Wildman–Crippen MR) is 85.3 cm³/mol. The summed E-state index contributed by atoms with van der Waals surface area (Å²) in [5.41, 5.74) is 0. The largest absolute Gasteiger partial charge is 0.394 e. The molecule has 22 heavy (non-hydrogen) atoms. The number of carbonyl (C=O) groups excluding carboxylic acids is 1. The highest BCUT2D eigenvalue weighted by Crippen LogP contribution is 2.27. The summed E-state index contributed by atoms with van der Waals surface area (Å²) in [7, 11) is -3.42. The van der Waals surface area contributed by atoms with Crippen LogP contribution in [0.4, 0.5) is 0 Å². The molecule has 124 valence electrons. The number of hydrogen-bond acceptors (Lipinski definition) is 5. The fourth-order valence-electron chi connectivity index (χ4n) is 2.35. The van der Waals surface area contributed by atoms with Crippen LogP contribution >= 0.6 is 11.3 Å². The topological polar surface area (TPSA) is 86.7 Å². The van der Waals surface area contributed by atoms with Crippen LogP contribution in [0.2, 0.25) is 0 Å². The molecule has 1 aliphatic heterocycles. The van der Waals surface area contributed by atoms with Crippen LogP contribution in [0, 0.1) is 0 Å². The van der Waals surface area contributed by atoms with Crippen molar-refractivity contribution in [3.05, 3.63) is 17.0 Å². The molecule has 0 bridgehead atoms. The van der Waals surface area contributed by atoms with Crippen LogP contribution in [-0.4, -0.2) is 49.5 Å². The smallest absolute Gasteiger partial charge is 0.252 e. The van der Waals surface area contributed by atoms with E-state index in [1.54, 1.807) is 19.1 Å². The lowest BCUT2D eigenvalue weighted by Crippen LogP contribution is -2.35. The third-order valence-corrected chi connectivity index (χ3v) is 7.01. The van der Waals surface area contributed by atoms with E-state index in [0.29, 0.717) is 22.2 Å². The summed E-state index contributed by atoms with van der Waals surface area (Å²) in [4.78, 5) is 12.5. The van der Waals surface area contributed by atoms with Gasteiger partial charge in [0.05, 0.1) is 13.0 Å². The lowest BCUT2D eigenvalue weighted by molar-refractivity contribution is -0.121. The van der Waals surface area contributed by atoms with E-state index in [0.717, 1.165) is 30.6 Å². The van der Waals surface area contributed by atoms with Crippen LogP contribution in [0.3, 0.4) is 0 Å². The minimum Gasteiger partial charge on any atom is -0.394 e. The van der Waals surface area contributed by atoms with Crippen LogP contribution < -0.4 is 5.32 Å². The molecule has 0 radical (unpaired) electrons. The first-order chi connectivity index (χ1) is 10.4. The number of carbonyl (C=O) groups is 1. The Morgan fingerprint density at radius 2 is 2.05 bits per heavy atom. The average molecular weight is 346 g/mol. The monoisotopic (exact) mass is 346 g/mol. The Balaban J connectivity index is 2.02. The number of aliphatic hydroxyl groups excluding tert-OH is 1. The van der Waals surface area contributed by atoms with Crippen LogP contribution in [0.25, 0.3) is 0 Å². The van der Waals surface area contributed by atoms with Crippen LogP contribution in [0.1, 0.15) is 31.1 Å². The van der Waals surface area contributed by atoms with Crippen LogP contribution in [0.15, 0.2) is 16.3 Å². The second-order valence-electron chi connectivity index (χ2n) is 5.51. The summed E-state index contributed by atoms with van der Waals surface area (Å²) >= 11 is 1.14. The van der Waals surface area contributed by atoms with E-state index in [-0.39, 0.29) is 25.0 Å². The lowest BCUT2D eigenvalue weighted by atomic mass is 10.2. The van der Waals surface area contributed by atoms with Gasteiger partial charge in [0.15, 0.2) is 0 Å². The molecule has 8 heteroatoms. The maximum atomic E-state index is 12.5. The molecule has 2 rings (SSSR count). The molecule has 0 aromatic carbocycles. The summed E-state index contributed by atoms with van der Waals surface area (Å²) in [6.07, 6.45) is 3.01. The maximum Gasteiger partial charge on any atom is 0.252 e. The Morgan fingerprint density at radius 3 is 2.68 bits per heavy atom. The van der Waals surface area contributed by atoms with Crippen molar-refractivity contribution in [3.8, 4) is 0 Å². The Morgan fingerprint density at radius 1 is 1.36 bits per heavy atom. The highest BCUT2D eigenvalue weighted by molar-refractivity contribution is 7.91. The van der Waals surface area contributed by atoms with E-state index in [2.05, 4.69) is 5.32 Å². The van der Waals surface area contributed by atoms with E-state index in [9.17, 15) is 13.2 Å². The molecule has 0 spiro atoms. The first-order valence-electron chi connectivity index (χ1n) is 7.42. The number of thiophene rings is 1. The van der Waals surface area contributed by atoms with E-state index in [4.69, 9.17) is 5.11 Å². The molecule has 0 saturated carbocycles. The normalized spacial score (nSPS) is 18.1. The number of hydrogen-bond donors (Lipinski definition) is 2. The molecule has 1 amide bonds. The van der Waals surface area contributed by atoms with E-state index in [1.165, 1.54) is 4.31 Å². The van der Waals surface area contributed by atoms with Crippen molar-refractivity contribution in [2.75, 3.05) is 19.7 Å². The van der Waals surface area contributed by atoms with Crippen LogP contribution in [-0.2, 0) is 21.2 Å². The fraction of sp³-hybridized carbons (Fsp3) is 0.643. The molecule has 1 aliphatic rings. The van der Waals surface area contributed by atoms with Crippen molar-refractivity contribution in [2.24, 2.45) is 0 Å². The van der Waals surface area contributed by atoms with E-state index in [1.807, 2.05) is 0 Å². The molecule has 1 aromatic heterocycles. The second kappa shape index (κ2) is 7.54. The van der Waals surface area contributed by atoms with Gasteiger partial charge in [0.2, 0.25) is 5.91 Å². The summed E-state index contributed by atoms with van der Waals surface area (Å²) in [5, 5.41) is 11.6. The van der Waals surface area contributed by atoms with Gasteiger partial charge in [-0.05, 0) is 31.9 Å². The van der Waals surface area contributed by atoms with Crippen molar-refractivity contribution in [2.45, 2.75) is 42.9 Å². The van der Waals surface area contributed by atoms with Gasteiger partial charge in [0.1, 0.15) is 4.21 Å². The van der Waals surface area contributed by atoms with Gasteiger partial charge in [-0.1, -0.05) is 6.42 Å². The number of nitrogens with one attached hydrogen (secondary N) is 1. The number of piperidine rings is 1. The summed E-state index contributed by atoms with van der Waals surface area (Å²) < 4.78 is 26.9. The van der Waals surface area contributed by atoms with Gasteiger partial charge in [0, 0.05) is 24.0 Å². The maximum absolute atomic E-state index is 12.5. The first kappa shape index (κ1) is 17.4. The van der Waals surface area contributed by atoms with Crippen molar-refractivity contribution < 1.29 is 18.3 Å². The Labute approximate surface area is 135 Å². The molecule has 2 heterocycles. The van der Waals surface area contributed by atoms with Gasteiger partial charge in [-0.25, -0.2) is 8.42 Å². The zero-order valence-corrected chi connectivity index (χ0v) is 14.3. The van der Waals surface area contributed by atoms with E-state index < -0.39 is 10.0 Å². The van der Waals surface area contributed by atoms with Gasteiger partial charge in [-0.3, -0.25) is 4.79 Å². The van der Waals surface area contributed by atoms with Crippen LogP contribution in [0.5, 0.6) is 0 Å². The number of rotatable bonds is 6. The zero-order valence-electron chi connectivity index (χ0n) is 12.6. The van der Waals surface area contributed by atoms with E-state index >= 15 is 0 Å². The standard InChI is InChI=1S/C14H22N2O4S2/c1-11(10-17)15-13(18)9-12-5-6-14(21-12)22(19,20)16-7-3-2-4-8-16/h5-6,11,17H,2-4,7-10H2,1H3,(H,15,18). The number of sulfonamides is 1. The van der Waals surface area contributed by atoms with Crippen molar-refractivity contribution >= 4 is 27.3 Å². The summed E-state index contributed by atoms with van der Waals surface area (Å²) in [6.45, 7) is 2.73.